The fourth-order valence-electron chi connectivity index (χ4n) is 1.75. The minimum absolute atomic E-state index is 0.0275. The van der Waals surface area contributed by atoms with E-state index in [-0.39, 0.29) is 25.3 Å². The Hall–Kier alpha value is -1.79. The van der Waals surface area contributed by atoms with Gasteiger partial charge in [-0.2, -0.15) is 0 Å². The number of carboxylic acid groups (broad SMARTS) is 1. The highest BCUT2D eigenvalue weighted by Crippen LogP contribution is 2.14. The van der Waals surface area contributed by atoms with Crippen LogP contribution in [0.2, 0.25) is 0 Å². The van der Waals surface area contributed by atoms with Crippen molar-refractivity contribution in [3.05, 3.63) is 0 Å². The zero-order valence-corrected chi connectivity index (χ0v) is 11.4. The van der Waals surface area contributed by atoms with Gasteiger partial charge in [0.05, 0.1) is 0 Å². The molecule has 7 heteroatoms. The largest absolute Gasteiger partial charge is 0.481 e. The van der Waals surface area contributed by atoms with E-state index >= 15 is 0 Å². The van der Waals surface area contributed by atoms with Crippen molar-refractivity contribution in [2.75, 3.05) is 13.1 Å². The number of primary amides is 1. The molecule has 0 aromatic heterocycles. The first-order chi connectivity index (χ1) is 8.81. The molecule has 0 aromatic rings. The molecule has 5 N–H and O–H groups in total. The summed E-state index contributed by atoms with van der Waals surface area (Å²) in [6, 6.07) is -0.416. The molecule has 0 unspecified atom stereocenters. The van der Waals surface area contributed by atoms with Crippen molar-refractivity contribution in [2.45, 2.75) is 33.1 Å². The van der Waals surface area contributed by atoms with Crippen LogP contribution < -0.4 is 16.4 Å². The highest BCUT2D eigenvalue weighted by Gasteiger charge is 2.15. The molecular weight excluding hydrogens is 250 g/mol. The normalized spacial score (nSPS) is 11.9. The van der Waals surface area contributed by atoms with E-state index in [2.05, 4.69) is 10.6 Å². The Labute approximate surface area is 112 Å². The molecule has 0 aliphatic carbocycles. The number of carboxylic acids is 1. The van der Waals surface area contributed by atoms with Crippen molar-refractivity contribution in [3.8, 4) is 0 Å². The molecule has 0 heterocycles. The van der Waals surface area contributed by atoms with Crippen molar-refractivity contribution < 1.29 is 19.5 Å². The first-order valence-electron chi connectivity index (χ1n) is 6.33. The molecule has 0 bridgehead atoms. The van der Waals surface area contributed by atoms with E-state index in [1.54, 1.807) is 0 Å². The molecule has 0 rings (SSSR count). The van der Waals surface area contributed by atoms with E-state index in [9.17, 15) is 14.4 Å². The fourth-order valence-corrected chi connectivity index (χ4v) is 1.75. The van der Waals surface area contributed by atoms with E-state index in [0.29, 0.717) is 12.5 Å². The molecule has 19 heavy (non-hydrogen) atoms. The third-order valence-electron chi connectivity index (χ3n) is 2.48. The molecule has 0 fully saturated rings. The molecule has 0 aromatic carbocycles. The highest BCUT2D eigenvalue weighted by atomic mass is 16.4. The van der Waals surface area contributed by atoms with Crippen molar-refractivity contribution >= 4 is 17.9 Å². The molecule has 0 aliphatic heterocycles. The molecular formula is C12H23N3O4. The molecule has 110 valence electrons. The fraction of sp³-hybridized carbons (Fsp3) is 0.750. The van der Waals surface area contributed by atoms with Gasteiger partial charge in [-0.25, -0.2) is 4.79 Å². The summed E-state index contributed by atoms with van der Waals surface area (Å²) in [5, 5.41) is 13.9. The smallest absolute Gasteiger partial charge is 0.314 e. The molecule has 7 nitrogen and oxygen atoms in total. The number of nitrogens with one attached hydrogen (secondary N) is 2. The van der Waals surface area contributed by atoms with Crippen LogP contribution in [0.15, 0.2) is 0 Å². The second-order valence-corrected chi connectivity index (χ2v) is 4.95. The van der Waals surface area contributed by atoms with Crippen LogP contribution in [0.3, 0.4) is 0 Å². The minimum atomic E-state index is -0.874. The Kier molecular flexibility index (Phi) is 8.32. The van der Waals surface area contributed by atoms with E-state index in [4.69, 9.17) is 10.8 Å². The summed E-state index contributed by atoms with van der Waals surface area (Å²) in [6.45, 7) is 4.48. The Morgan fingerprint density at radius 3 is 2.32 bits per heavy atom. The second kappa shape index (κ2) is 9.18. The highest BCUT2D eigenvalue weighted by molar-refractivity contribution is 5.77. The summed E-state index contributed by atoms with van der Waals surface area (Å²) in [4.78, 5) is 32.6. The summed E-state index contributed by atoms with van der Waals surface area (Å²) in [5.74, 6) is -1.09. The van der Waals surface area contributed by atoms with Gasteiger partial charge in [-0.1, -0.05) is 13.8 Å². The summed E-state index contributed by atoms with van der Waals surface area (Å²) >= 11 is 0. The van der Waals surface area contributed by atoms with Gasteiger partial charge in [0.25, 0.3) is 0 Å². The molecule has 3 amide bonds. The Morgan fingerprint density at radius 1 is 1.21 bits per heavy atom. The zero-order chi connectivity index (χ0) is 14.8. The number of amides is 3. The maximum absolute atomic E-state index is 11.4. The molecule has 0 aliphatic rings. The summed E-state index contributed by atoms with van der Waals surface area (Å²) < 4.78 is 0. The first kappa shape index (κ1) is 17.2. The monoisotopic (exact) mass is 273 g/mol. The van der Waals surface area contributed by atoms with Crippen LogP contribution >= 0.6 is 0 Å². The lowest BCUT2D eigenvalue weighted by molar-refractivity contribution is -0.138. The van der Waals surface area contributed by atoms with Crippen molar-refractivity contribution in [2.24, 2.45) is 17.6 Å². The van der Waals surface area contributed by atoms with Gasteiger partial charge in [-0.05, 0) is 18.3 Å². The van der Waals surface area contributed by atoms with E-state index in [1.807, 2.05) is 13.8 Å². The van der Waals surface area contributed by atoms with Crippen molar-refractivity contribution in [1.29, 1.82) is 0 Å². The number of urea groups is 1. The minimum Gasteiger partial charge on any atom is -0.481 e. The van der Waals surface area contributed by atoms with Gasteiger partial charge >= 0.3 is 12.0 Å². The summed E-state index contributed by atoms with van der Waals surface area (Å²) in [5.41, 5.74) is 4.93. The van der Waals surface area contributed by atoms with Crippen LogP contribution in [0.1, 0.15) is 33.1 Å². The molecule has 0 spiro atoms. The second-order valence-electron chi connectivity index (χ2n) is 4.95. The van der Waals surface area contributed by atoms with E-state index < -0.39 is 17.9 Å². The first-order valence-corrected chi connectivity index (χ1v) is 6.33. The summed E-state index contributed by atoms with van der Waals surface area (Å²) in [7, 11) is 0. The number of hydrogen-bond donors (Lipinski definition) is 4. The van der Waals surface area contributed by atoms with Gasteiger partial charge in [0, 0.05) is 25.9 Å². The lowest BCUT2D eigenvalue weighted by atomic mass is 9.94. The van der Waals surface area contributed by atoms with Crippen molar-refractivity contribution in [1.82, 2.24) is 10.6 Å². The van der Waals surface area contributed by atoms with Gasteiger partial charge in [0.15, 0.2) is 0 Å². The van der Waals surface area contributed by atoms with Crippen LogP contribution in [0.25, 0.3) is 0 Å². The van der Waals surface area contributed by atoms with Crippen LogP contribution in [-0.4, -0.2) is 36.1 Å². The van der Waals surface area contributed by atoms with Gasteiger partial charge in [-0.3, -0.25) is 9.59 Å². The molecule has 0 saturated heterocycles. The van der Waals surface area contributed by atoms with Crippen LogP contribution in [0.5, 0.6) is 0 Å². The maximum Gasteiger partial charge on any atom is 0.314 e. The SMILES string of the molecule is CC(C)C[C@H](CNC(=O)NCCC(N)=O)CC(=O)O. The number of hydrogen-bond acceptors (Lipinski definition) is 3. The van der Waals surface area contributed by atoms with Crippen LogP contribution in [-0.2, 0) is 9.59 Å². The predicted molar refractivity (Wildman–Crippen MR) is 70.4 cm³/mol. The Balaban J connectivity index is 3.98. The predicted octanol–water partition coefficient (Wildman–Crippen LogP) is 0.298. The topological polar surface area (TPSA) is 122 Å². The van der Waals surface area contributed by atoms with Gasteiger partial charge in [-0.15, -0.1) is 0 Å². The zero-order valence-electron chi connectivity index (χ0n) is 11.4. The Bertz CT molecular complexity index is 318. The quantitative estimate of drug-likeness (QED) is 0.482. The number of nitrogens with two attached hydrogens (primary N) is 1. The third kappa shape index (κ3) is 11.1. The maximum atomic E-state index is 11.4. The number of carbonyl (C=O) groups excluding carboxylic acids is 2. The number of aliphatic carboxylic acids is 1. The third-order valence-corrected chi connectivity index (χ3v) is 2.48. The van der Waals surface area contributed by atoms with Gasteiger partial charge < -0.3 is 21.5 Å². The molecule has 0 saturated carbocycles. The van der Waals surface area contributed by atoms with Crippen LogP contribution in [0, 0.1) is 11.8 Å². The lowest BCUT2D eigenvalue weighted by Gasteiger charge is -2.17. The summed E-state index contributed by atoms with van der Waals surface area (Å²) in [6.07, 6.45) is 0.839. The number of carbonyl (C=O) groups is 3. The lowest BCUT2D eigenvalue weighted by Crippen LogP contribution is -2.40. The van der Waals surface area contributed by atoms with Gasteiger partial charge in [0.1, 0.15) is 0 Å². The number of rotatable bonds is 9. The van der Waals surface area contributed by atoms with Gasteiger partial charge in [0.2, 0.25) is 5.91 Å². The standard InChI is InChI=1S/C12H23N3O4/c1-8(2)5-9(6-11(17)18)7-15-12(19)14-4-3-10(13)16/h8-9H,3-7H2,1-2H3,(H2,13,16)(H,17,18)(H2,14,15,19)/t9-/m0/s1. The average Bonchev–Trinajstić information content (AvgIpc) is 2.23. The molecule has 1 atom stereocenters. The van der Waals surface area contributed by atoms with Crippen molar-refractivity contribution in [3.63, 3.8) is 0 Å². The van der Waals surface area contributed by atoms with E-state index in [0.717, 1.165) is 6.42 Å². The average molecular weight is 273 g/mol. The molecule has 0 radical (unpaired) electrons. The Morgan fingerprint density at radius 2 is 1.84 bits per heavy atom. The van der Waals surface area contributed by atoms with Crippen LogP contribution in [0.4, 0.5) is 4.79 Å². The van der Waals surface area contributed by atoms with E-state index in [1.165, 1.54) is 0 Å².